The highest BCUT2D eigenvalue weighted by Crippen LogP contribution is 2.41. The number of pyridine rings is 1. The van der Waals surface area contributed by atoms with Crippen LogP contribution in [0.1, 0.15) is 47.7 Å². The zero-order chi connectivity index (χ0) is 23.2. The van der Waals surface area contributed by atoms with Crippen LogP contribution in [0.15, 0.2) is 35.1 Å². The van der Waals surface area contributed by atoms with Gasteiger partial charge in [0.25, 0.3) is 5.56 Å². The number of amides is 1. The average Bonchev–Trinajstić information content (AvgIpc) is 2.79. The fourth-order valence-electron chi connectivity index (χ4n) is 4.60. The van der Waals surface area contributed by atoms with Gasteiger partial charge in [0.15, 0.2) is 11.5 Å². The maximum Gasteiger partial charge on any atom is 0.254 e. The Morgan fingerprint density at radius 3 is 2.41 bits per heavy atom. The number of aromatic amines is 1. The van der Waals surface area contributed by atoms with E-state index in [2.05, 4.69) is 11.1 Å². The van der Waals surface area contributed by atoms with Crippen LogP contribution in [-0.4, -0.2) is 36.6 Å². The number of hydrogen-bond donors (Lipinski definition) is 1. The van der Waals surface area contributed by atoms with Crippen molar-refractivity contribution in [1.29, 1.82) is 0 Å². The van der Waals surface area contributed by atoms with Crippen LogP contribution < -0.4 is 15.0 Å². The van der Waals surface area contributed by atoms with Crippen molar-refractivity contribution in [3.63, 3.8) is 0 Å². The summed E-state index contributed by atoms with van der Waals surface area (Å²) < 4.78 is 11.0. The highest BCUT2D eigenvalue weighted by molar-refractivity contribution is 5.84. The van der Waals surface area contributed by atoms with Crippen molar-refractivity contribution in [3.05, 3.63) is 68.5 Å². The molecule has 2 aromatic carbocycles. The van der Waals surface area contributed by atoms with E-state index in [4.69, 9.17) is 9.47 Å². The Labute approximate surface area is 188 Å². The van der Waals surface area contributed by atoms with E-state index in [-0.39, 0.29) is 17.4 Å². The Morgan fingerprint density at radius 1 is 1.06 bits per heavy atom. The van der Waals surface area contributed by atoms with Crippen molar-refractivity contribution < 1.29 is 14.3 Å². The predicted molar refractivity (Wildman–Crippen MR) is 126 cm³/mol. The van der Waals surface area contributed by atoms with Crippen molar-refractivity contribution in [2.75, 3.05) is 20.8 Å². The molecular weight excluding hydrogens is 404 g/mol. The number of nitrogens with one attached hydrogen (secondary N) is 1. The number of benzene rings is 2. The number of nitrogens with zero attached hydrogens (tertiary/aromatic N) is 1. The summed E-state index contributed by atoms with van der Waals surface area (Å²) in [6.45, 7) is 8.35. The van der Waals surface area contributed by atoms with E-state index in [1.807, 2.05) is 56.9 Å². The van der Waals surface area contributed by atoms with Crippen molar-refractivity contribution in [2.24, 2.45) is 5.92 Å². The minimum atomic E-state index is -0.497. The molecular formula is C26H30N2O4. The van der Waals surface area contributed by atoms with Crippen molar-refractivity contribution in [3.8, 4) is 11.5 Å². The van der Waals surface area contributed by atoms with Gasteiger partial charge in [-0.2, -0.15) is 0 Å². The Hall–Kier alpha value is -3.28. The molecule has 6 heteroatoms. The SMILES string of the molecule is COc1cc2c(cc1OC)[C@@H](c1cc3ccc(C)c(C)c3[nH]c1=O)N(C(=O)C(C)C)CC2. The molecule has 1 aliphatic rings. The van der Waals surface area contributed by atoms with Crippen LogP contribution in [0.4, 0.5) is 0 Å². The first kappa shape index (κ1) is 21.9. The Morgan fingerprint density at radius 2 is 1.75 bits per heavy atom. The van der Waals surface area contributed by atoms with Crippen LogP contribution in [-0.2, 0) is 11.2 Å². The van der Waals surface area contributed by atoms with Crippen LogP contribution >= 0.6 is 0 Å². The number of aryl methyl sites for hydroxylation is 2. The molecule has 168 valence electrons. The van der Waals surface area contributed by atoms with E-state index >= 15 is 0 Å². The molecule has 0 spiro atoms. The summed E-state index contributed by atoms with van der Waals surface area (Å²) in [5, 5.41) is 0.951. The zero-order valence-corrected chi connectivity index (χ0v) is 19.5. The second-order valence-electron chi connectivity index (χ2n) is 8.77. The molecule has 3 aromatic rings. The van der Waals surface area contributed by atoms with Gasteiger partial charge >= 0.3 is 0 Å². The molecule has 2 heterocycles. The first-order chi connectivity index (χ1) is 15.3. The monoisotopic (exact) mass is 434 g/mol. The van der Waals surface area contributed by atoms with Crippen LogP contribution in [0.2, 0.25) is 0 Å². The first-order valence-corrected chi connectivity index (χ1v) is 10.9. The largest absolute Gasteiger partial charge is 0.493 e. The highest BCUT2D eigenvalue weighted by Gasteiger charge is 2.35. The summed E-state index contributed by atoms with van der Waals surface area (Å²) in [5.41, 5.74) is 5.35. The summed E-state index contributed by atoms with van der Waals surface area (Å²) in [4.78, 5) is 31.5. The topological polar surface area (TPSA) is 71.6 Å². The van der Waals surface area contributed by atoms with Gasteiger partial charge in [-0.1, -0.05) is 26.0 Å². The van der Waals surface area contributed by atoms with E-state index in [0.29, 0.717) is 30.0 Å². The minimum Gasteiger partial charge on any atom is -0.493 e. The number of hydrogen-bond acceptors (Lipinski definition) is 4. The molecule has 1 aromatic heterocycles. The van der Waals surface area contributed by atoms with E-state index in [9.17, 15) is 9.59 Å². The van der Waals surface area contributed by atoms with Crippen LogP contribution in [0, 0.1) is 19.8 Å². The smallest absolute Gasteiger partial charge is 0.254 e. The number of carbonyl (C=O) groups is 1. The fourth-order valence-corrected chi connectivity index (χ4v) is 4.60. The molecule has 0 saturated carbocycles. The highest BCUT2D eigenvalue weighted by atomic mass is 16.5. The summed E-state index contributed by atoms with van der Waals surface area (Å²) in [6.07, 6.45) is 0.689. The van der Waals surface area contributed by atoms with Gasteiger partial charge in [0.05, 0.1) is 25.8 Å². The van der Waals surface area contributed by atoms with Crippen LogP contribution in [0.5, 0.6) is 11.5 Å². The van der Waals surface area contributed by atoms with Gasteiger partial charge in [-0.25, -0.2) is 0 Å². The second-order valence-corrected chi connectivity index (χ2v) is 8.77. The van der Waals surface area contributed by atoms with Crippen molar-refractivity contribution >= 4 is 16.8 Å². The second kappa shape index (κ2) is 8.34. The Kier molecular flexibility index (Phi) is 5.71. The third-order valence-electron chi connectivity index (χ3n) is 6.53. The number of carbonyl (C=O) groups excluding carboxylic acids is 1. The average molecular weight is 435 g/mol. The molecule has 0 saturated heterocycles. The van der Waals surface area contributed by atoms with Gasteiger partial charge in [0.1, 0.15) is 0 Å². The fraction of sp³-hybridized carbons (Fsp3) is 0.385. The maximum absolute atomic E-state index is 13.4. The Bertz CT molecular complexity index is 1260. The molecule has 0 fully saturated rings. The number of rotatable bonds is 4. The van der Waals surface area contributed by atoms with E-state index in [1.165, 1.54) is 0 Å². The number of fused-ring (bicyclic) bond motifs is 2. The number of H-pyrrole nitrogens is 1. The summed E-state index contributed by atoms with van der Waals surface area (Å²) in [5.74, 6) is 1.07. The third kappa shape index (κ3) is 3.53. The molecule has 4 rings (SSSR count). The lowest BCUT2D eigenvalue weighted by Crippen LogP contribution is -2.44. The molecule has 32 heavy (non-hydrogen) atoms. The molecule has 1 atom stereocenters. The van der Waals surface area contributed by atoms with Gasteiger partial charge in [0, 0.05) is 18.0 Å². The summed E-state index contributed by atoms with van der Waals surface area (Å²) in [6, 6.07) is 9.37. The zero-order valence-electron chi connectivity index (χ0n) is 19.5. The lowest BCUT2D eigenvalue weighted by atomic mass is 9.86. The lowest BCUT2D eigenvalue weighted by molar-refractivity contribution is -0.136. The van der Waals surface area contributed by atoms with E-state index in [0.717, 1.165) is 33.2 Å². The third-order valence-corrected chi connectivity index (χ3v) is 6.53. The molecule has 0 unspecified atom stereocenters. The van der Waals surface area contributed by atoms with Crippen molar-refractivity contribution in [1.82, 2.24) is 9.88 Å². The van der Waals surface area contributed by atoms with Crippen LogP contribution in [0.3, 0.4) is 0 Å². The number of methoxy groups -OCH3 is 2. The lowest BCUT2D eigenvalue weighted by Gasteiger charge is -2.38. The molecule has 6 nitrogen and oxygen atoms in total. The Balaban J connectivity index is 1.99. The molecule has 0 radical (unpaired) electrons. The quantitative estimate of drug-likeness (QED) is 0.665. The minimum absolute atomic E-state index is 0.0232. The number of ether oxygens (including phenoxy) is 2. The van der Waals surface area contributed by atoms with E-state index in [1.54, 1.807) is 14.2 Å². The maximum atomic E-state index is 13.4. The normalized spacial score (nSPS) is 15.7. The molecule has 1 aliphatic heterocycles. The molecule has 1 amide bonds. The number of aromatic nitrogens is 1. The van der Waals surface area contributed by atoms with Gasteiger partial charge in [-0.15, -0.1) is 0 Å². The van der Waals surface area contributed by atoms with Gasteiger partial charge in [0.2, 0.25) is 5.91 Å². The first-order valence-electron chi connectivity index (χ1n) is 10.9. The molecule has 1 N–H and O–H groups in total. The molecule has 0 bridgehead atoms. The van der Waals surface area contributed by atoms with Crippen molar-refractivity contribution in [2.45, 2.75) is 40.2 Å². The van der Waals surface area contributed by atoms with Gasteiger partial charge < -0.3 is 19.4 Å². The molecule has 0 aliphatic carbocycles. The van der Waals surface area contributed by atoms with Gasteiger partial charge in [-0.05, 0) is 66.1 Å². The summed E-state index contributed by atoms with van der Waals surface area (Å²) in [7, 11) is 3.20. The van der Waals surface area contributed by atoms with Gasteiger partial charge in [-0.3, -0.25) is 9.59 Å². The predicted octanol–water partition coefficient (Wildman–Crippen LogP) is 4.29. The standard InChI is InChI=1S/C26H30N2O4/c1-14(2)26(30)28-10-9-17-12-21(31-5)22(32-6)13-19(17)24(28)20-11-18-8-7-15(3)16(4)23(18)27-25(20)29/h7-8,11-14,24H,9-10H2,1-6H3,(H,27,29)/t24-/m0/s1. The summed E-state index contributed by atoms with van der Waals surface area (Å²) >= 11 is 0. The van der Waals surface area contributed by atoms with E-state index < -0.39 is 6.04 Å². The van der Waals surface area contributed by atoms with Crippen LogP contribution in [0.25, 0.3) is 10.9 Å².